The molecule has 0 N–H and O–H groups in total. The maximum absolute atomic E-state index is 13.2. The molecule has 0 radical (unpaired) electrons. The fourth-order valence-electron chi connectivity index (χ4n) is 1.84. The maximum Gasteiger partial charge on any atom is 0.126 e. The minimum absolute atomic E-state index is 0.213. The summed E-state index contributed by atoms with van der Waals surface area (Å²) in [7, 11) is 0. The standard InChI is InChI=1S/C15H13Cl2F/c1-9-7-11(3-5-13(9)16)15(17)12-4-6-14(18)10(2)8-12/h3-8,15H,1-2H3. The topological polar surface area (TPSA) is 0 Å². The molecule has 18 heavy (non-hydrogen) atoms. The fraction of sp³-hybridized carbons (Fsp3) is 0.200. The van der Waals surface area contributed by atoms with E-state index < -0.39 is 0 Å². The normalized spacial score (nSPS) is 12.5. The molecule has 2 aromatic rings. The Hall–Kier alpha value is -1.05. The molecule has 0 aliphatic heterocycles. The van der Waals surface area contributed by atoms with Gasteiger partial charge in [-0.2, -0.15) is 0 Å². The lowest BCUT2D eigenvalue weighted by molar-refractivity contribution is 0.617. The molecule has 0 nitrogen and oxygen atoms in total. The van der Waals surface area contributed by atoms with E-state index in [2.05, 4.69) is 0 Å². The van der Waals surface area contributed by atoms with Gasteiger partial charge < -0.3 is 0 Å². The summed E-state index contributed by atoms with van der Waals surface area (Å²) in [6.07, 6.45) is 0. The van der Waals surface area contributed by atoms with Crippen molar-refractivity contribution in [1.29, 1.82) is 0 Å². The molecule has 0 aliphatic rings. The van der Waals surface area contributed by atoms with Crippen molar-refractivity contribution in [3.05, 3.63) is 69.5 Å². The van der Waals surface area contributed by atoms with E-state index in [9.17, 15) is 4.39 Å². The quantitative estimate of drug-likeness (QED) is 0.645. The molecule has 0 spiro atoms. The molecule has 0 heterocycles. The highest BCUT2D eigenvalue weighted by molar-refractivity contribution is 6.31. The average Bonchev–Trinajstić information content (AvgIpc) is 2.35. The van der Waals surface area contributed by atoms with Crippen LogP contribution in [0.4, 0.5) is 4.39 Å². The summed E-state index contributed by atoms with van der Waals surface area (Å²) in [4.78, 5) is 0. The second-order valence-corrected chi connectivity index (χ2v) is 5.22. The van der Waals surface area contributed by atoms with E-state index in [0.29, 0.717) is 5.56 Å². The van der Waals surface area contributed by atoms with E-state index in [1.54, 1.807) is 19.1 Å². The van der Waals surface area contributed by atoms with Gasteiger partial charge in [0.15, 0.2) is 0 Å². The zero-order chi connectivity index (χ0) is 13.3. The van der Waals surface area contributed by atoms with Crippen LogP contribution >= 0.6 is 23.2 Å². The van der Waals surface area contributed by atoms with Gasteiger partial charge in [-0.05, 0) is 48.2 Å². The number of alkyl halides is 1. The van der Waals surface area contributed by atoms with E-state index in [1.165, 1.54) is 6.07 Å². The Morgan fingerprint density at radius 1 is 0.944 bits per heavy atom. The van der Waals surface area contributed by atoms with Crippen LogP contribution in [0, 0.1) is 19.7 Å². The predicted molar refractivity (Wildman–Crippen MR) is 75.0 cm³/mol. The molecular weight excluding hydrogens is 270 g/mol. The van der Waals surface area contributed by atoms with Gasteiger partial charge in [0.1, 0.15) is 5.82 Å². The van der Waals surface area contributed by atoms with Crippen LogP contribution in [0.2, 0.25) is 5.02 Å². The minimum Gasteiger partial charge on any atom is -0.207 e. The highest BCUT2D eigenvalue weighted by Gasteiger charge is 2.12. The summed E-state index contributed by atoms with van der Waals surface area (Å²) in [5.74, 6) is -0.213. The van der Waals surface area contributed by atoms with Gasteiger partial charge in [0.05, 0.1) is 5.38 Å². The maximum atomic E-state index is 13.2. The first kappa shape index (κ1) is 13.4. The monoisotopic (exact) mass is 282 g/mol. The van der Waals surface area contributed by atoms with Crippen LogP contribution in [0.15, 0.2) is 36.4 Å². The molecule has 0 saturated carbocycles. The van der Waals surface area contributed by atoms with Crippen LogP contribution in [-0.4, -0.2) is 0 Å². The molecule has 2 aromatic carbocycles. The predicted octanol–water partition coefficient (Wildman–Crippen LogP) is 5.42. The SMILES string of the molecule is Cc1cc(C(Cl)c2ccc(Cl)c(C)c2)ccc1F. The lowest BCUT2D eigenvalue weighted by atomic mass is 10.0. The van der Waals surface area contributed by atoms with Crippen molar-refractivity contribution in [1.82, 2.24) is 0 Å². The Morgan fingerprint density at radius 2 is 1.50 bits per heavy atom. The zero-order valence-electron chi connectivity index (χ0n) is 10.2. The zero-order valence-corrected chi connectivity index (χ0v) is 11.7. The summed E-state index contributed by atoms with van der Waals surface area (Å²) in [6.45, 7) is 3.67. The first-order valence-electron chi connectivity index (χ1n) is 5.65. The van der Waals surface area contributed by atoms with Gasteiger partial charge in [-0.3, -0.25) is 0 Å². The minimum atomic E-state index is -0.291. The number of rotatable bonds is 2. The Balaban J connectivity index is 2.37. The van der Waals surface area contributed by atoms with Crippen LogP contribution in [0.1, 0.15) is 27.6 Å². The summed E-state index contributed by atoms with van der Waals surface area (Å²) >= 11 is 12.4. The largest absolute Gasteiger partial charge is 0.207 e. The summed E-state index contributed by atoms with van der Waals surface area (Å²) < 4.78 is 13.2. The van der Waals surface area contributed by atoms with Crippen molar-refractivity contribution >= 4 is 23.2 Å². The molecule has 1 atom stereocenters. The number of aryl methyl sites for hydroxylation is 2. The van der Waals surface area contributed by atoms with Gasteiger partial charge in [-0.25, -0.2) is 4.39 Å². The van der Waals surface area contributed by atoms with Gasteiger partial charge >= 0.3 is 0 Å². The Kier molecular flexibility index (Phi) is 3.94. The third-order valence-corrected chi connectivity index (χ3v) is 3.88. The van der Waals surface area contributed by atoms with Crippen molar-refractivity contribution in [3.8, 4) is 0 Å². The Morgan fingerprint density at radius 3 is 2.06 bits per heavy atom. The molecule has 1 unspecified atom stereocenters. The molecule has 94 valence electrons. The third-order valence-electron chi connectivity index (χ3n) is 2.95. The van der Waals surface area contributed by atoms with Gasteiger partial charge in [-0.15, -0.1) is 11.6 Å². The summed E-state index contributed by atoms with van der Waals surface area (Å²) in [5.41, 5.74) is 3.43. The molecule has 0 amide bonds. The second kappa shape index (κ2) is 5.29. The van der Waals surface area contributed by atoms with Crippen LogP contribution in [0.3, 0.4) is 0 Å². The number of halogens is 3. The van der Waals surface area contributed by atoms with E-state index in [0.717, 1.165) is 21.7 Å². The smallest absolute Gasteiger partial charge is 0.126 e. The van der Waals surface area contributed by atoms with Gasteiger partial charge in [0.2, 0.25) is 0 Å². The molecule has 0 bridgehead atoms. The van der Waals surface area contributed by atoms with Crippen molar-refractivity contribution in [2.75, 3.05) is 0 Å². The molecule has 2 rings (SSSR count). The van der Waals surface area contributed by atoms with E-state index in [4.69, 9.17) is 23.2 Å². The highest BCUT2D eigenvalue weighted by Crippen LogP contribution is 2.31. The summed E-state index contributed by atoms with van der Waals surface area (Å²) in [6, 6.07) is 10.6. The molecule has 0 aromatic heterocycles. The fourth-order valence-corrected chi connectivity index (χ4v) is 2.23. The lowest BCUT2D eigenvalue weighted by Gasteiger charge is -2.12. The number of hydrogen-bond donors (Lipinski definition) is 0. The molecule has 0 saturated heterocycles. The van der Waals surface area contributed by atoms with Crippen LogP contribution in [-0.2, 0) is 0 Å². The Labute approximate surface area is 116 Å². The molecule has 0 fully saturated rings. The van der Waals surface area contributed by atoms with Gasteiger partial charge in [0.25, 0.3) is 0 Å². The molecule has 0 aliphatic carbocycles. The van der Waals surface area contributed by atoms with Crippen molar-refractivity contribution in [2.24, 2.45) is 0 Å². The Bertz CT molecular complexity index is 527. The third kappa shape index (κ3) is 2.68. The van der Waals surface area contributed by atoms with E-state index >= 15 is 0 Å². The van der Waals surface area contributed by atoms with Crippen LogP contribution in [0.5, 0.6) is 0 Å². The van der Waals surface area contributed by atoms with Crippen molar-refractivity contribution < 1.29 is 4.39 Å². The molecule has 3 heteroatoms. The van der Waals surface area contributed by atoms with E-state index in [1.807, 2.05) is 25.1 Å². The first-order valence-corrected chi connectivity index (χ1v) is 6.46. The van der Waals surface area contributed by atoms with Crippen LogP contribution < -0.4 is 0 Å². The van der Waals surface area contributed by atoms with Gasteiger partial charge in [0, 0.05) is 5.02 Å². The number of benzene rings is 2. The van der Waals surface area contributed by atoms with Gasteiger partial charge in [-0.1, -0.05) is 35.9 Å². The van der Waals surface area contributed by atoms with E-state index in [-0.39, 0.29) is 11.2 Å². The summed E-state index contributed by atoms with van der Waals surface area (Å²) in [5, 5.41) is 0.429. The lowest BCUT2D eigenvalue weighted by Crippen LogP contribution is -1.96. The second-order valence-electron chi connectivity index (χ2n) is 4.38. The number of hydrogen-bond acceptors (Lipinski definition) is 0. The average molecular weight is 283 g/mol. The van der Waals surface area contributed by atoms with Crippen LogP contribution in [0.25, 0.3) is 0 Å². The van der Waals surface area contributed by atoms with Crippen molar-refractivity contribution in [2.45, 2.75) is 19.2 Å². The first-order chi connectivity index (χ1) is 8.49. The van der Waals surface area contributed by atoms with Crippen molar-refractivity contribution in [3.63, 3.8) is 0 Å². The highest BCUT2D eigenvalue weighted by atomic mass is 35.5. The molecular formula is C15H13Cl2F.